The molecule has 0 aliphatic rings. The van der Waals surface area contributed by atoms with Gasteiger partial charge >= 0.3 is 5.76 Å². The summed E-state index contributed by atoms with van der Waals surface area (Å²) in [4.78, 5) is 12.3. The minimum atomic E-state index is -4.05. The summed E-state index contributed by atoms with van der Waals surface area (Å²) in [6.45, 7) is 0. The highest BCUT2D eigenvalue weighted by atomic mass is 35.7. The molecule has 0 radical (unpaired) electrons. The fraction of sp³-hybridized carbons (Fsp3) is 0. The summed E-state index contributed by atoms with van der Waals surface area (Å²) in [5.41, 5.74) is -0.386. The molecule has 0 aliphatic carbocycles. The van der Waals surface area contributed by atoms with Crippen LogP contribution in [0.2, 0.25) is 0 Å². The van der Waals surface area contributed by atoms with Gasteiger partial charge in [0.1, 0.15) is 5.52 Å². The van der Waals surface area contributed by atoms with E-state index in [0.717, 1.165) is 6.07 Å². The zero-order valence-electron chi connectivity index (χ0n) is 6.95. The van der Waals surface area contributed by atoms with Gasteiger partial charge in [0, 0.05) is 16.7 Å². The Bertz CT molecular complexity index is 687. The van der Waals surface area contributed by atoms with E-state index in [1.54, 1.807) is 0 Å². The zero-order valence-corrected chi connectivity index (χ0v) is 8.52. The lowest BCUT2D eigenvalue weighted by Crippen LogP contribution is -1.94. The Labute approximate surface area is 86.9 Å². The standard InChI is InChI=1S/C7H3ClFNO4S/c8-15(12,13)3-1-4(9)6-5(2-3)14-7(11)10-6/h1-2H,(H,10,11). The van der Waals surface area contributed by atoms with E-state index in [1.165, 1.54) is 0 Å². The first kappa shape index (κ1) is 10.2. The Morgan fingerprint density at radius 2 is 2.07 bits per heavy atom. The van der Waals surface area contributed by atoms with Gasteiger partial charge in [-0.05, 0) is 6.07 Å². The molecule has 0 saturated heterocycles. The highest BCUT2D eigenvalue weighted by Gasteiger charge is 2.16. The molecule has 0 spiro atoms. The van der Waals surface area contributed by atoms with Crippen molar-refractivity contribution in [1.29, 1.82) is 0 Å². The summed E-state index contributed by atoms with van der Waals surface area (Å²) in [5.74, 6) is -1.79. The van der Waals surface area contributed by atoms with Gasteiger partial charge < -0.3 is 4.42 Å². The summed E-state index contributed by atoms with van der Waals surface area (Å²) < 4.78 is 39.6. The maximum atomic E-state index is 13.2. The molecule has 0 unspecified atom stereocenters. The summed E-state index contributed by atoms with van der Waals surface area (Å²) in [7, 11) is 0.962. The van der Waals surface area contributed by atoms with Crippen LogP contribution in [-0.2, 0) is 9.05 Å². The lowest BCUT2D eigenvalue weighted by molar-refractivity contribution is 0.553. The molecule has 0 aliphatic heterocycles. The first-order chi connectivity index (χ1) is 6.88. The number of H-pyrrole nitrogens is 1. The predicted octanol–water partition coefficient (Wildman–Crippen LogP) is 1.19. The van der Waals surface area contributed by atoms with E-state index in [0.29, 0.717) is 6.07 Å². The maximum absolute atomic E-state index is 13.2. The topological polar surface area (TPSA) is 80.1 Å². The number of aromatic amines is 1. The third kappa shape index (κ3) is 1.75. The van der Waals surface area contributed by atoms with E-state index in [1.807, 2.05) is 0 Å². The SMILES string of the molecule is O=c1[nH]c2c(F)cc(S(=O)(=O)Cl)cc2o1. The second kappa shape index (κ2) is 3.07. The Kier molecular flexibility index (Phi) is 2.09. The van der Waals surface area contributed by atoms with Crippen LogP contribution in [0.3, 0.4) is 0 Å². The molecule has 15 heavy (non-hydrogen) atoms. The van der Waals surface area contributed by atoms with Gasteiger partial charge in [-0.1, -0.05) is 0 Å². The highest BCUT2D eigenvalue weighted by Crippen LogP contribution is 2.22. The molecule has 1 heterocycles. The molecule has 0 atom stereocenters. The fourth-order valence-electron chi connectivity index (χ4n) is 1.13. The number of benzene rings is 1. The molecule has 0 amide bonds. The van der Waals surface area contributed by atoms with Crippen LogP contribution in [-0.4, -0.2) is 13.4 Å². The van der Waals surface area contributed by atoms with Gasteiger partial charge in [0.25, 0.3) is 9.05 Å². The van der Waals surface area contributed by atoms with Gasteiger partial charge in [-0.2, -0.15) is 0 Å². The molecule has 1 aromatic heterocycles. The summed E-state index contributed by atoms with van der Waals surface area (Å²) in [6, 6.07) is 1.68. The third-order valence-corrected chi connectivity index (χ3v) is 3.07. The van der Waals surface area contributed by atoms with Crippen molar-refractivity contribution in [3.63, 3.8) is 0 Å². The monoisotopic (exact) mass is 251 g/mol. The number of hydrogen-bond donors (Lipinski definition) is 1. The molecule has 2 aromatic rings. The minimum Gasteiger partial charge on any atom is -0.408 e. The van der Waals surface area contributed by atoms with Crippen molar-refractivity contribution >= 4 is 30.8 Å². The molecule has 1 aromatic carbocycles. The Morgan fingerprint density at radius 1 is 1.40 bits per heavy atom. The smallest absolute Gasteiger partial charge is 0.408 e. The molecule has 0 fully saturated rings. The Morgan fingerprint density at radius 3 is 2.67 bits per heavy atom. The van der Waals surface area contributed by atoms with Crippen LogP contribution in [0.15, 0.2) is 26.2 Å². The van der Waals surface area contributed by atoms with Crippen LogP contribution < -0.4 is 5.76 Å². The van der Waals surface area contributed by atoms with Crippen molar-refractivity contribution in [2.45, 2.75) is 4.90 Å². The second-order valence-electron chi connectivity index (χ2n) is 2.73. The molecule has 80 valence electrons. The van der Waals surface area contributed by atoms with Crippen molar-refractivity contribution < 1.29 is 17.2 Å². The van der Waals surface area contributed by atoms with E-state index in [-0.39, 0.29) is 11.1 Å². The van der Waals surface area contributed by atoms with Gasteiger partial charge in [0.2, 0.25) is 0 Å². The Hall–Kier alpha value is -1.34. The van der Waals surface area contributed by atoms with Crippen molar-refractivity contribution in [2.75, 3.05) is 0 Å². The Balaban J connectivity index is 2.89. The average Bonchev–Trinajstić information content (AvgIpc) is 2.44. The third-order valence-electron chi connectivity index (χ3n) is 1.74. The van der Waals surface area contributed by atoms with Crippen LogP contribution in [0.1, 0.15) is 0 Å². The van der Waals surface area contributed by atoms with Gasteiger partial charge in [0.05, 0.1) is 4.90 Å². The van der Waals surface area contributed by atoms with Gasteiger partial charge in [-0.15, -0.1) is 0 Å². The molecule has 5 nitrogen and oxygen atoms in total. The van der Waals surface area contributed by atoms with E-state index in [9.17, 15) is 17.6 Å². The van der Waals surface area contributed by atoms with Crippen LogP contribution in [0, 0.1) is 5.82 Å². The van der Waals surface area contributed by atoms with Crippen molar-refractivity contribution in [3.8, 4) is 0 Å². The number of halogens is 2. The molecule has 1 N–H and O–H groups in total. The van der Waals surface area contributed by atoms with Crippen molar-refractivity contribution in [3.05, 3.63) is 28.5 Å². The number of rotatable bonds is 1. The molecule has 0 saturated carbocycles. The summed E-state index contributed by atoms with van der Waals surface area (Å²) in [6.07, 6.45) is 0. The van der Waals surface area contributed by atoms with Crippen LogP contribution in [0.4, 0.5) is 4.39 Å². The largest absolute Gasteiger partial charge is 0.417 e. The fourth-order valence-corrected chi connectivity index (χ4v) is 1.89. The maximum Gasteiger partial charge on any atom is 0.417 e. The van der Waals surface area contributed by atoms with Crippen molar-refractivity contribution in [2.24, 2.45) is 0 Å². The summed E-state index contributed by atoms with van der Waals surface area (Å²) >= 11 is 0. The lowest BCUT2D eigenvalue weighted by atomic mass is 10.3. The summed E-state index contributed by atoms with van der Waals surface area (Å²) in [5, 5.41) is 0. The van der Waals surface area contributed by atoms with E-state index in [2.05, 4.69) is 9.40 Å². The molecule has 2 rings (SSSR count). The zero-order chi connectivity index (χ0) is 11.2. The van der Waals surface area contributed by atoms with Crippen molar-refractivity contribution in [1.82, 2.24) is 4.98 Å². The molecule has 8 heteroatoms. The van der Waals surface area contributed by atoms with E-state index in [4.69, 9.17) is 10.7 Å². The second-order valence-corrected chi connectivity index (χ2v) is 5.30. The highest BCUT2D eigenvalue weighted by molar-refractivity contribution is 8.13. The number of oxazole rings is 1. The van der Waals surface area contributed by atoms with E-state index < -0.39 is 25.5 Å². The normalized spacial score (nSPS) is 12.1. The van der Waals surface area contributed by atoms with Crippen LogP contribution in [0.5, 0.6) is 0 Å². The number of aromatic nitrogens is 1. The predicted molar refractivity (Wildman–Crippen MR) is 49.8 cm³/mol. The van der Waals surface area contributed by atoms with Gasteiger partial charge in [0.15, 0.2) is 11.4 Å². The van der Waals surface area contributed by atoms with Crippen LogP contribution in [0.25, 0.3) is 11.1 Å². The molecule has 0 bridgehead atoms. The molecular weight excluding hydrogens is 249 g/mol. The minimum absolute atomic E-state index is 0.191. The first-order valence-corrected chi connectivity index (χ1v) is 5.96. The number of fused-ring (bicyclic) bond motifs is 1. The van der Waals surface area contributed by atoms with Gasteiger partial charge in [-0.25, -0.2) is 17.6 Å². The first-order valence-electron chi connectivity index (χ1n) is 3.65. The number of nitrogens with one attached hydrogen (secondary N) is 1. The quantitative estimate of drug-likeness (QED) is 0.772. The number of hydrogen-bond acceptors (Lipinski definition) is 4. The molecular formula is C7H3ClFNO4S. The average molecular weight is 252 g/mol. The van der Waals surface area contributed by atoms with E-state index >= 15 is 0 Å². The lowest BCUT2D eigenvalue weighted by Gasteiger charge is -1.96. The van der Waals surface area contributed by atoms with Crippen LogP contribution >= 0.6 is 10.7 Å². The van der Waals surface area contributed by atoms with Gasteiger partial charge in [-0.3, -0.25) is 4.98 Å².